The Labute approximate surface area is 192 Å². The van der Waals surface area contributed by atoms with Crippen LogP contribution in [0.5, 0.6) is 0 Å². The monoisotopic (exact) mass is 463 g/mol. The number of allylic oxidation sites excluding steroid dienone is 1. The molecule has 0 saturated heterocycles. The Bertz CT molecular complexity index is 879. The van der Waals surface area contributed by atoms with E-state index in [-0.39, 0.29) is 17.6 Å². The van der Waals surface area contributed by atoms with Crippen molar-refractivity contribution in [3.8, 4) is 0 Å². The van der Waals surface area contributed by atoms with E-state index in [1.807, 2.05) is 12.2 Å². The van der Waals surface area contributed by atoms with Gasteiger partial charge in [0.2, 0.25) is 0 Å². The fraction of sp³-hybridized carbons (Fsp3) is 0.500. The van der Waals surface area contributed by atoms with Crippen molar-refractivity contribution in [1.82, 2.24) is 15.5 Å². The summed E-state index contributed by atoms with van der Waals surface area (Å²) in [7, 11) is 1.61. The van der Waals surface area contributed by atoms with Crippen molar-refractivity contribution in [2.45, 2.75) is 50.6 Å². The van der Waals surface area contributed by atoms with Crippen LogP contribution in [0.3, 0.4) is 0 Å². The van der Waals surface area contributed by atoms with E-state index in [2.05, 4.69) is 64.3 Å². The number of amides is 2. The number of nitrogens with one attached hydrogen (secondary N) is 2. The predicted molar refractivity (Wildman–Crippen MR) is 128 cm³/mol. The van der Waals surface area contributed by atoms with Crippen molar-refractivity contribution in [1.29, 1.82) is 0 Å². The quantitative estimate of drug-likeness (QED) is 0.453. The lowest BCUT2D eigenvalue weighted by atomic mass is 10.0. The second-order valence-corrected chi connectivity index (χ2v) is 9.46. The molecule has 3 atom stereocenters. The Morgan fingerprint density at radius 3 is 2.90 bits per heavy atom. The maximum absolute atomic E-state index is 12.4. The third-order valence-electron chi connectivity index (χ3n) is 5.24. The Morgan fingerprint density at radius 1 is 1.48 bits per heavy atom. The SMILES string of the molecule is C=NC(NC(=O)NCc1ccc(C(C)C)s1)N1CC=C(C2=NC(OC)C(Cl)C=C2)CC1. The molecule has 31 heavy (non-hydrogen) atoms. The number of urea groups is 1. The van der Waals surface area contributed by atoms with E-state index in [1.54, 1.807) is 18.4 Å². The molecule has 1 aromatic rings. The van der Waals surface area contributed by atoms with Gasteiger partial charge in [0.25, 0.3) is 0 Å². The number of halogens is 1. The van der Waals surface area contributed by atoms with Gasteiger partial charge in [-0.1, -0.05) is 26.0 Å². The average molecular weight is 464 g/mol. The molecule has 3 rings (SSSR count). The summed E-state index contributed by atoms with van der Waals surface area (Å²) in [4.78, 5) is 25.6. The van der Waals surface area contributed by atoms with Crippen molar-refractivity contribution < 1.29 is 9.53 Å². The zero-order chi connectivity index (χ0) is 22.4. The van der Waals surface area contributed by atoms with E-state index in [9.17, 15) is 4.79 Å². The third kappa shape index (κ3) is 6.26. The van der Waals surface area contributed by atoms with Crippen LogP contribution in [0, 0.1) is 0 Å². The zero-order valence-electron chi connectivity index (χ0n) is 18.2. The molecule has 0 saturated carbocycles. The molecule has 2 aliphatic rings. The number of ether oxygens (including phenoxy) is 1. The minimum atomic E-state index is -0.491. The highest BCUT2D eigenvalue weighted by molar-refractivity contribution is 7.12. The highest BCUT2D eigenvalue weighted by Gasteiger charge is 2.25. The van der Waals surface area contributed by atoms with Gasteiger partial charge in [-0.15, -0.1) is 22.9 Å². The van der Waals surface area contributed by atoms with E-state index < -0.39 is 6.29 Å². The fourth-order valence-electron chi connectivity index (χ4n) is 3.43. The minimum Gasteiger partial charge on any atom is -0.358 e. The first kappa shape index (κ1) is 23.7. The van der Waals surface area contributed by atoms with Gasteiger partial charge in [0, 0.05) is 30.0 Å². The van der Waals surface area contributed by atoms with Crippen LogP contribution < -0.4 is 10.6 Å². The fourth-order valence-corrected chi connectivity index (χ4v) is 4.62. The number of thiophene rings is 1. The van der Waals surface area contributed by atoms with Gasteiger partial charge in [-0.2, -0.15) is 0 Å². The molecule has 0 aliphatic carbocycles. The molecular weight excluding hydrogens is 434 g/mol. The van der Waals surface area contributed by atoms with Gasteiger partial charge in [0.1, 0.15) is 0 Å². The molecule has 2 amide bonds. The molecule has 3 heterocycles. The first-order valence-electron chi connectivity index (χ1n) is 10.4. The van der Waals surface area contributed by atoms with Gasteiger partial charge >= 0.3 is 6.03 Å². The molecule has 3 unspecified atom stereocenters. The predicted octanol–water partition coefficient (Wildman–Crippen LogP) is 3.88. The van der Waals surface area contributed by atoms with Crippen LogP contribution in [0.1, 0.15) is 35.9 Å². The topological polar surface area (TPSA) is 78.3 Å². The molecule has 2 aliphatic heterocycles. The summed E-state index contributed by atoms with van der Waals surface area (Å²) in [6.45, 7) is 9.83. The van der Waals surface area contributed by atoms with Crippen LogP contribution >= 0.6 is 22.9 Å². The molecule has 0 bridgehead atoms. The molecule has 7 nitrogen and oxygen atoms in total. The number of carbonyl (C=O) groups is 1. The lowest BCUT2D eigenvalue weighted by molar-refractivity contribution is 0.115. The van der Waals surface area contributed by atoms with E-state index >= 15 is 0 Å². The maximum atomic E-state index is 12.4. The first-order chi connectivity index (χ1) is 14.9. The Balaban J connectivity index is 1.51. The number of alkyl halides is 1. The number of dihydropyridines is 1. The summed E-state index contributed by atoms with van der Waals surface area (Å²) >= 11 is 7.91. The van der Waals surface area contributed by atoms with Crippen LogP contribution in [0.2, 0.25) is 0 Å². The van der Waals surface area contributed by atoms with Crippen LogP contribution in [0.4, 0.5) is 4.79 Å². The summed E-state index contributed by atoms with van der Waals surface area (Å²) in [5.41, 5.74) is 2.04. The first-order valence-corrected chi connectivity index (χ1v) is 11.6. The van der Waals surface area contributed by atoms with Crippen LogP contribution in [-0.2, 0) is 11.3 Å². The molecule has 0 aromatic carbocycles. The average Bonchev–Trinajstić information content (AvgIpc) is 3.26. The summed E-state index contributed by atoms with van der Waals surface area (Å²) in [5, 5.41) is 5.55. The van der Waals surface area contributed by atoms with E-state index in [0.717, 1.165) is 29.1 Å². The number of hydrogen-bond donors (Lipinski definition) is 2. The number of hydrogen-bond acceptors (Lipinski definition) is 6. The van der Waals surface area contributed by atoms with Crippen LogP contribution in [0.25, 0.3) is 0 Å². The van der Waals surface area contributed by atoms with Gasteiger partial charge in [-0.05, 0) is 42.8 Å². The Morgan fingerprint density at radius 2 is 2.29 bits per heavy atom. The van der Waals surface area contributed by atoms with Crippen molar-refractivity contribution in [3.63, 3.8) is 0 Å². The van der Waals surface area contributed by atoms with Crippen LogP contribution in [0.15, 0.2) is 45.9 Å². The molecule has 0 fully saturated rings. The van der Waals surface area contributed by atoms with Crippen molar-refractivity contribution in [3.05, 3.63) is 45.7 Å². The Hall–Kier alpha value is -2.00. The molecule has 1 aromatic heterocycles. The molecule has 0 radical (unpaired) electrons. The number of carbonyl (C=O) groups excluding carboxylic acids is 1. The lowest BCUT2D eigenvalue weighted by Crippen LogP contribution is -2.51. The summed E-state index contributed by atoms with van der Waals surface area (Å²) in [5.74, 6) is 0.491. The van der Waals surface area contributed by atoms with E-state index in [4.69, 9.17) is 16.3 Å². The van der Waals surface area contributed by atoms with Gasteiger partial charge in [-0.3, -0.25) is 14.9 Å². The molecule has 168 valence electrons. The second kappa shape index (κ2) is 11.0. The second-order valence-electron chi connectivity index (χ2n) is 7.76. The minimum absolute atomic E-state index is 0.252. The largest absolute Gasteiger partial charge is 0.358 e. The van der Waals surface area contributed by atoms with Crippen molar-refractivity contribution in [2.24, 2.45) is 9.98 Å². The number of rotatable bonds is 8. The summed E-state index contributed by atoms with van der Waals surface area (Å²) in [6, 6.07) is 3.91. The number of methoxy groups -OCH3 is 1. The van der Waals surface area contributed by atoms with Gasteiger partial charge in [0.05, 0.1) is 17.6 Å². The van der Waals surface area contributed by atoms with E-state index in [0.29, 0.717) is 19.0 Å². The normalized spacial score (nSPS) is 22.6. The zero-order valence-corrected chi connectivity index (χ0v) is 19.7. The van der Waals surface area contributed by atoms with E-state index in [1.165, 1.54) is 4.88 Å². The summed E-state index contributed by atoms with van der Waals surface area (Å²) < 4.78 is 5.33. The highest BCUT2D eigenvalue weighted by atomic mass is 35.5. The lowest BCUT2D eigenvalue weighted by Gasteiger charge is -2.32. The third-order valence-corrected chi connectivity index (χ3v) is 6.99. The van der Waals surface area contributed by atoms with Crippen molar-refractivity contribution >= 4 is 41.4 Å². The molecule has 9 heteroatoms. The van der Waals surface area contributed by atoms with Crippen molar-refractivity contribution in [2.75, 3.05) is 20.2 Å². The Kier molecular flexibility index (Phi) is 8.43. The standard InChI is InChI=1S/C22H30ClN5O2S/c1-14(2)19-8-5-16(31-19)13-25-22(29)27-21(24-3)28-11-9-15(10-12-28)18-7-6-17(23)20(26-18)30-4/h5-9,14,17,20-21H,3,10-13H2,1-2,4H3,(H2,25,27,29). The number of nitrogens with zero attached hydrogens (tertiary/aromatic N) is 3. The summed E-state index contributed by atoms with van der Waals surface area (Å²) in [6.07, 6.45) is 5.88. The highest BCUT2D eigenvalue weighted by Crippen LogP contribution is 2.24. The molecular formula is C22H30ClN5O2S. The molecule has 2 N–H and O–H groups in total. The smallest absolute Gasteiger partial charge is 0.317 e. The van der Waals surface area contributed by atoms with Crippen LogP contribution in [-0.4, -0.2) is 61.5 Å². The molecule has 0 spiro atoms. The van der Waals surface area contributed by atoms with Gasteiger partial charge < -0.3 is 15.4 Å². The number of aliphatic imine (C=N–C) groups is 2. The van der Waals surface area contributed by atoms with Gasteiger partial charge in [-0.25, -0.2) is 4.79 Å². The van der Waals surface area contributed by atoms with Gasteiger partial charge in [0.15, 0.2) is 12.5 Å². The maximum Gasteiger partial charge on any atom is 0.317 e.